The molecular weight excluding hydrogens is 456 g/mol. The predicted octanol–water partition coefficient (Wildman–Crippen LogP) is 5.48. The maximum absolute atomic E-state index is 11.7. The zero-order valence-corrected chi connectivity index (χ0v) is 22.7. The average molecular weight is 495 g/mol. The van der Waals surface area contributed by atoms with E-state index in [9.17, 15) is 9.90 Å². The lowest BCUT2D eigenvalue weighted by atomic mass is 9.88. The maximum atomic E-state index is 11.7. The van der Waals surface area contributed by atoms with Crippen molar-refractivity contribution in [1.29, 1.82) is 0 Å². The molecule has 1 saturated heterocycles. The number of nitrogens with zero attached hydrogens (tertiary/aromatic N) is 4. The number of fused-ring (bicyclic) bond motifs is 1. The van der Waals surface area contributed by atoms with E-state index in [0.717, 1.165) is 60.0 Å². The van der Waals surface area contributed by atoms with Crippen LogP contribution in [0.1, 0.15) is 32.3 Å². The molecule has 0 saturated carbocycles. The second-order valence-electron chi connectivity index (χ2n) is 11.6. The van der Waals surface area contributed by atoms with Crippen molar-refractivity contribution in [2.45, 2.75) is 65.5 Å². The van der Waals surface area contributed by atoms with Crippen molar-refractivity contribution in [1.82, 2.24) is 14.5 Å². The van der Waals surface area contributed by atoms with Crippen molar-refractivity contribution < 1.29 is 14.6 Å². The zero-order chi connectivity index (χ0) is 25.2. The van der Waals surface area contributed by atoms with Crippen LogP contribution in [-0.2, 0) is 22.7 Å². The lowest BCUT2D eigenvalue weighted by Crippen LogP contribution is -2.22. The highest BCUT2D eigenvalue weighted by Gasteiger charge is 2.23. The third kappa shape index (κ3) is 6.30. The van der Waals surface area contributed by atoms with Crippen molar-refractivity contribution >= 4 is 31.2 Å². The number of ether oxygens (including phenoxy) is 1. The molecule has 0 radical (unpaired) electrons. The first-order valence-corrected chi connectivity index (χ1v) is 16.2. The van der Waals surface area contributed by atoms with E-state index in [1.54, 1.807) is 12.3 Å². The molecule has 188 valence electrons. The Morgan fingerprint density at radius 3 is 2.60 bits per heavy atom. The van der Waals surface area contributed by atoms with Gasteiger partial charge in [-0.3, -0.25) is 0 Å². The monoisotopic (exact) mass is 494 g/mol. The van der Waals surface area contributed by atoms with Crippen molar-refractivity contribution in [3.63, 3.8) is 0 Å². The fourth-order valence-electron chi connectivity index (χ4n) is 4.46. The summed E-state index contributed by atoms with van der Waals surface area (Å²) >= 11 is 0. The van der Waals surface area contributed by atoms with E-state index in [0.29, 0.717) is 18.8 Å². The Labute approximate surface area is 209 Å². The van der Waals surface area contributed by atoms with Crippen molar-refractivity contribution in [3.05, 3.63) is 36.2 Å². The van der Waals surface area contributed by atoms with E-state index in [2.05, 4.69) is 30.6 Å². The molecule has 0 aliphatic carbocycles. The molecule has 0 unspecified atom stereocenters. The number of hydrogen-bond acceptors (Lipinski definition) is 6. The van der Waals surface area contributed by atoms with E-state index in [1.807, 2.05) is 30.7 Å². The second-order valence-corrected chi connectivity index (χ2v) is 17.2. The number of rotatable bonds is 10. The van der Waals surface area contributed by atoms with E-state index >= 15 is 0 Å². The Balaban J connectivity index is 1.69. The molecule has 0 bridgehead atoms. The lowest BCUT2D eigenvalue weighted by Gasteiger charge is -2.19. The number of carbonyl (C=O) groups is 1. The summed E-state index contributed by atoms with van der Waals surface area (Å²) in [5, 5.41) is 10.4. The van der Waals surface area contributed by atoms with Gasteiger partial charge in [-0.15, -0.1) is 0 Å². The third-order valence-corrected chi connectivity index (χ3v) is 8.21. The number of phenols is 1. The maximum Gasteiger partial charge on any atom is 0.160 e. The number of aromatic hydroxyl groups is 1. The molecule has 1 fully saturated rings. The molecule has 35 heavy (non-hydrogen) atoms. The van der Waals surface area contributed by atoms with E-state index < -0.39 is 13.5 Å². The van der Waals surface area contributed by atoms with Gasteiger partial charge in [0.2, 0.25) is 0 Å². The summed E-state index contributed by atoms with van der Waals surface area (Å²) in [5.74, 6) is 0.224. The van der Waals surface area contributed by atoms with E-state index in [4.69, 9.17) is 14.7 Å². The fraction of sp³-hybridized carbons (Fsp3) is 0.519. The largest absolute Gasteiger partial charge is 0.508 e. The molecule has 4 rings (SSSR count). The van der Waals surface area contributed by atoms with Gasteiger partial charge in [0, 0.05) is 56.7 Å². The highest BCUT2D eigenvalue weighted by molar-refractivity contribution is 6.76. The van der Waals surface area contributed by atoms with Gasteiger partial charge < -0.3 is 24.1 Å². The predicted molar refractivity (Wildman–Crippen MR) is 144 cm³/mol. The molecule has 1 aromatic carbocycles. The molecule has 0 atom stereocenters. The highest BCUT2D eigenvalue weighted by Crippen LogP contribution is 2.32. The molecule has 0 amide bonds. The number of carbonyl (C=O) groups excluding carboxylic acids is 1. The molecule has 1 N–H and O–H groups in total. The summed E-state index contributed by atoms with van der Waals surface area (Å²) in [6.45, 7) is 14.0. The molecule has 3 aromatic rings. The van der Waals surface area contributed by atoms with Gasteiger partial charge in [-0.05, 0) is 43.0 Å². The summed E-state index contributed by atoms with van der Waals surface area (Å²) in [5.41, 5.74) is 4.53. The van der Waals surface area contributed by atoms with Gasteiger partial charge in [-0.1, -0.05) is 33.5 Å². The van der Waals surface area contributed by atoms with E-state index in [1.165, 1.54) is 12.8 Å². The Bertz CT molecular complexity index is 1190. The smallest absolute Gasteiger partial charge is 0.160 e. The Morgan fingerprint density at radius 1 is 1.17 bits per heavy atom. The summed E-state index contributed by atoms with van der Waals surface area (Å²) in [4.78, 5) is 23.7. The molecule has 7 nitrogen and oxygen atoms in total. The van der Waals surface area contributed by atoms with Gasteiger partial charge in [0.05, 0.1) is 11.9 Å². The minimum Gasteiger partial charge on any atom is -0.508 e. The molecule has 1 aliphatic heterocycles. The molecule has 2 aromatic heterocycles. The van der Waals surface area contributed by atoms with Crippen LogP contribution >= 0.6 is 0 Å². The first-order chi connectivity index (χ1) is 16.5. The quantitative estimate of drug-likeness (QED) is 0.228. The highest BCUT2D eigenvalue weighted by atomic mass is 28.3. The van der Waals surface area contributed by atoms with Gasteiger partial charge in [-0.25, -0.2) is 9.97 Å². The molecule has 3 heterocycles. The fourth-order valence-corrected chi connectivity index (χ4v) is 5.22. The van der Waals surface area contributed by atoms with Crippen LogP contribution in [0.4, 0.5) is 5.69 Å². The van der Waals surface area contributed by atoms with Crippen LogP contribution in [0.2, 0.25) is 25.7 Å². The normalized spacial score (nSPS) is 14.7. The van der Waals surface area contributed by atoms with E-state index in [-0.39, 0.29) is 5.75 Å². The van der Waals surface area contributed by atoms with Crippen LogP contribution in [0.25, 0.3) is 22.4 Å². The minimum absolute atomic E-state index is 0.224. The van der Waals surface area contributed by atoms with Gasteiger partial charge in [-0.2, -0.15) is 0 Å². The number of aldehydes is 1. The van der Waals surface area contributed by atoms with Crippen molar-refractivity contribution in [2.24, 2.45) is 5.41 Å². The Morgan fingerprint density at radius 2 is 1.91 bits per heavy atom. The topological polar surface area (TPSA) is 80.5 Å². The lowest BCUT2D eigenvalue weighted by molar-refractivity contribution is -0.114. The SMILES string of the molecule is CC(C)(C=O)Cc1cn(COCC[Si](C)(C)C)c2ncc(-c3cc(O)cc(N4CCCC4)c3)nc12. The second kappa shape index (κ2) is 10.1. The average Bonchev–Trinajstić information content (AvgIpc) is 3.44. The minimum atomic E-state index is -1.17. The summed E-state index contributed by atoms with van der Waals surface area (Å²) in [7, 11) is -1.17. The molecule has 1 aliphatic rings. The van der Waals surface area contributed by atoms with Crippen LogP contribution in [0.3, 0.4) is 0 Å². The van der Waals surface area contributed by atoms with Crippen LogP contribution in [0.5, 0.6) is 5.75 Å². The van der Waals surface area contributed by atoms with Gasteiger partial charge in [0.25, 0.3) is 0 Å². The summed E-state index contributed by atoms with van der Waals surface area (Å²) in [6, 6.07) is 6.73. The van der Waals surface area contributed by atoms with Gasteiger partial charge in [0.1, 0.15) is 24.3 Å². The number of phenolic OH excluding ortho intramolecular Hbond substituents is 1. The first-order valence-electron chi connectivity index (χ1n) is 12.5. The molecule has 0 spiro atoms. The Kier molecular flexibility index (Phi) is 7.33. The van der Waals surface area contributed by atoms with Crippen LogP contribution < -0.4 is 4.90 Å². The van der Waals surface area contributed by atoms with Crippen LogP contribution in [-0.4, -0.2) is 53.7 Å². The van der Waals surface area contributed by atoms with Crippen LogP contribution in [0, 0.1) is 5.41 Å². The zero-order valence-electron chi connectivity index (χ0n) is 21.7. The Hall–Kier alpha value is -2.71. The third-order valence-electron chi connectivity index (χ3n) is 6.50. The molecule has 8 heteroatoms. The van der Waals surface area contributed by atoms with Gasteiger partial charge >= 0.3 is 0 Å². The summed E-state index contributed by atoms with van der Waals surface area (Å²) < 4.78 is 7.99. The number of hydrogen-bond donors (Lipinski definition) is 1. The standard InChI is InChI=1S/C27H38N4O3Si/c1-27(2,18-32)15-21-17-31(19-34-10-11-35(3,4)5)26-25(21)29-24(16-28-26)20-12-22(14-23(33)13-20)30-8-6-7-9-30/h12-14,16-18,33H,6-11,15,19H2,1-5H3. The number of aromatic nitrogens is 3. The number of anilines is 1. The molecular formula is C27H38N4O3Si. The van der Waals surface area contributed by atoms with Crippen molar-refractivity contribution in [3.8, 4) is 17.0 Å². The van der Waals surface area contributed by atoms with Crippen LogP contribution in [0.15, 0.2) is 30.6 Å². The van der Waals surface area contributed by atoms with Crippen molar-refractivity contribution in [2.75, 3.05) is 24.6 Å². The number of benzene rings is 1. The van der Waals surface area contributed by atoms with Gasteiger partial charge in [0.15, 0.2) is 5.65 Å². The summed E-state index contributed by atoms with van der Waals surface area (Å²) in [6.07, 6.45) is 7.67. The first kappa shape index (κ1) is 25.4.